The lowest BCUT2D eigenvalue weighted by atomic mass is 10.1. The number of hydrogen-bond donors (Lipinski definition) is 2. The van der Waals surface area contributed by atoms with Crippen LogP contribution in [0.15, 0.2) is 36.7 Å². The highest BCUT2D eigenvalue weighted by atomic mass is 19.1. The fourth-order valence-electron chi connectivity index (χ4n) is 2.72. The smallest absolute Gasteiger partial charge is 0.250 e. The Bertz CT molecular complexity index is 1030. The number of benzene rings is 2. The van der Waals surface area contributed by atoms with Gasteiger partial charge in [0.25, 0.3) is 0 Å². The number of anilines is 3. The van der Waals surface area contributed by atoms with Crippen molar-refractivity contribution in [2.24, 2.45) is 0 Å². The minimum absolute atomic E-state index is 0.0537. The fraction of sp³-hybridized carbons (Fsp3) is 0.211. The second kappa shape index (κ2) is 8.15. The van der Waals surface area contributed by atoms with Crippen LogP contribution in [-0.2, 0) is 9.53 Å². The van der Waals surface area contributed by atoms with Crippen LogP contribution in [-0.4, -0.2) is 41.9 Å². The summed E-state index contributed by atoms with van der Waals surface area (Å²) in [5.41, 5.74) is 1.47. The van der Waals surface area contributed by atoms with E-state index in [1.54, 1.807) is 25.1 Å². The predicted molar refractivity (Wildman–Crippen MR) is 102 cm³/mol. The number of carbonyl (C=O) groups excluding carboxylic acids is 1. The van der Waals surface area contributed by atoms with E-state index < -0.39 is 5.82 Å². The van der Waals surface area contributed by atoms with Crippen molar-refractivity contribution in [3.63, 3.8) is 0 Å². The Kier molecular flexibility index (Phi) is 5.67. The van der Waals surface area contributed by atoms with E-state index in [1.165, 1.54) is 32.7 Å². The van der Waals surface area contributed by atoms with E-state index in [4.69, 9.17) is 9.47 Å². The molecule has 0 spiro atoms. The second-order valence-corrected chi connectivity index (χ2v) is 6.01. The summed E-state index contributed by atoms with van der Waals surface area (Å²) in [6.07, 6.45) is 1.24. The highest BCUT2D eigenvalue weighted by molar-refractivity contribution is 5.99. The van der Waals surface area contributed by atoms with Gasteiger partial charge in [-0.2, -0.15) is 0 Å². The number of nitrogens with zero attached hydrogens (tertiary/aromatic N) is 3. The van der Waals surface area contributed by atoms with Crippen LogP contribution in [0.1, 0.15) is 5.56 Å². The zero-order valence-corrected chi connectivity index (χ0v) is 15.6. The molecular weight excluding hydrogens is 367 g/mol. The maximum atomic E-state index is 14.3. The Balaban J connectivity index is 2.08. The molecule has 3 aromatic rings. The van der Waals surface area contributed by atoms with E-state index in [0.29, 0.717) is 27.4 Å². The largest absolute Gasteiger partial charge is 0.495 e. The van der Waals surface area contributed by atoms with E-state index in [2.05, 4.69) is 15.3 Å². The summed E-state index contributed by atoms with van der Waals surface area (Å²) in [5.74, 6) is -0.559. The lowest BCUT2D eigenvalue weighted by Crippen LogP contribution is -2.18. The van der Waals surface area contributed by atoms with Gasteiger partial charge in [-0.1, -0.05) is 6.07 Å². The summed E-state index contributed by atoms with van der Waals surface area (Å²) in [4.78, 5) is 20.1. The average molecular weight is 386 g/mol. The van der Waals surface area contributed by atoms with Crippen molar-refractivity contribution in [2.75, 3.05) is 31.2 Å². The molecule has 2 aromatic carbocycles. The van der Waals surface area contributed by atoms with Crippen LogP contribution in [0.4, 0.5) is 21.6 Å². The van der Waals surface area contributed by atoms with Crippen molar-refractivity contribution >= 4 is 34.0 Å². The lowest BCUT2D eigenvalue weighted by molar-refractivity contribution is -0.119. The monoisotopic (exact) mass is 386 g/mol. The average Bonchev–Trinajstić information content (AvgIpc) is 2.66. The molecule has 3 rings (SSSR count). The number of nitrogens with one attached hydrogen (secondary N) is 1. The van der Waals surface area contributed by atoms with Gasteiger partial charge in [-0.25, -0.2) is 19.4 Å². The molecule has 0 aliphatic rings. The molecule has 0 saturated carbocycles. The Morgan fingerprint density at radius 3 is 2.71 bits per heavy atom. The maximum absolute atomic E-state index is 14.3. The van der Waals surface area contributed by atoms with E-state index in [0.717, 1.165) is 5.56 Å². The molecular formula is C19H19FN4O4. The summed E-state index contributed by atoms with van der Waals surface area (Å²) in [6.45, 7) is 1.63. The van der Waals surface area contributed by atoms with Crippen LogP contribution in [0.25, 0.3) is 10.9 Å². The summed E-state index contributed by atoms with van der Waals surface area (Å²) in [6, 6.07) is 7.57. The molecule has 1 aromatic heterocycles. The summed E-state index contributed by atoms with van der Waals surface area (Å²) in [7, 11) is 2.85. The van der Waals surface area contributed by atoms with Gasteiger partial charge in [-0.15, -0.1) is 0 Å². The van der Waals surface area contributed by atoms with Crippen molar-refractivity contribution in [2.45, 2.75) is 6.92 Å². The van der Waals surface area contributed by atoms with Crippen molar-refractivity contribution in [1.29, 1.82) is 0 Å². The number of methoxy groups -OCH3 is 2. The first-order valence-corrected chi connectivity index (χ1v) is 8.31. The van der Waals surface area contributed by atoms with Gasteiger partial charge in [-0.05, 0) is 36.8 Å². The Hall–Kier alpha value is -3.30. The molecule has 9 heteroatoms. The zero-order valence-electron chi connectivity index (χ0n) is 15.6. The van der Waals surface area contributed by atoms with Crippen LogP contribution in [0.3, 0.4) is 0 Å². The summed E-state index contributed by atoms with van der Waals surface area (Å²) in [5, 5.41) is 14.3. The number of ether oxygens (including phenoxy) is 2. The molecule has 146 valence electrons. The van der Waals surface area contributed by atoms with Crippen molar-refractivity contribution in [3.05, 3.63) is 48.0 Å². The molecule has 0 atom stereocenters. The van der Waals surface area contributed by atoms with Gasteiger partial charge >= 0.3 is 0 Å². The first-order chi connectivity index (χ1) is 13.4. The number of hydrogen-bond acceptors (Lipinski definition) is 7. The first kappa shape index (κ1) is 19.5. The highest BCUT2D eigenvalue weighted by Gasteiger charge is 2.18. The van der Waals surface area contributed by atoms with Gasteiger partial charge in [-0.3, -0.25) is 10.0 Å². The van der Waals surface area contributed by atoms with Crippen molar-refractivity contribution in [3.8, 4) is 5.75 Å². The van der Waals surface area contributed by atoms with E-state index in [-0.39, 0.29) is 24.0 Å². The summed E-state index contributed by atoms with van der Waals surface area (Å²) < 4.78 is 24.4. The number of amides is 1. The number of aryl methyl sites for hydroxylation is 1. The molecule has 1 heterocycles. The van der Waals surface area contributed by atoms with Crippen LogP contribution in [0.5, 0.6) is 5.75 Å². The minimum Gasteiger partial charge on any atom is -0.495 e. The highest BCUT2D eigenvalue weighted by Crippen LogP contribution is 2.35. The van der Waals surface area contributed by atoms with Crippen LogP contribution >= 0.6 is 0 Å². The van der Waals surface area contributed by atoms with Gasteiger partial charge in [0, 0.05) is 12.5 Å². The number of halogens is 1. The third-order valence-corrected chi connectivity index (χ3v) is 4.02. The van der Waals surface area contributed by atoms with Crippen molar-refractivity contribution in [1.82, 2.24) is 9.97 Å². The molecule has 1 amide bonds. The van der Waals surface area contributed by atoms with Crippen molar-refractivity contribution < 1.29 is 23.9 Å². The van der Waals surface area contributed by atoms with Gasteiger partial charge < -0.3 is 14.8 Å². The maximum Gasteiger partial charge on any atom is 0.250 e. The van der Waals surface area contributed by atoms with Gasteiger partial charge in [0.2, 0.25) is 5.91 Å². The zero-order chi connectivity index (χ0) is 20.3. The van der Waals surface area contributed by atoms with Gasteiger partial charge in [0.15, 0.2) is 5.82 Å². The third-order valence-electron chi connectivity index (χ3n) is 4.02. The van der Waals surface area contributed by atoms with E-state index in [9.17, 15) is 14.4 Å². The Morgan fingerprint density at radius 2 is 2.04 bits per heavy atom. The van der Waals surface area contributed by atoms with Crippen LogP contribution in [0.2, 0.25) is 0 Å². The molecule has 8 nitrogen and oxygen atoms in total. The van der Waals surface area contributed by atoms with E-state index >= 15 is 0 Å². The molecule has 28 heavy (non-hydrogen) atoms. The molecule has 0 radical (unpaired) electrons. The second-order valence-electron chi connectivity index (χ2n) is 6.01. The molecule has 0 aliphatic heterocycles. The summed E-state index contributed by atoms with van der Waals surface area (Å²) >= 11 is 0. The molecule has 0 bridgehead atoms. The van der Waals surface area contributed by atoms with E-state index in [1.807, 2.05) is 0 Å². The quantitative estimate of drug-likeness (QED) is 0.628. The van der Waals surface area contributed by atoms with Gasteiger partial charge in [0.1, 0.15) is 30.2 Å². The number of aromatic nitrogens is 2. The molecule has 0 aliphatic carbocycles. The number of carbonyl (C=O) groups is 1. The fourth-order valence-corrected chi connectivity index (χ4v) is 2.72. The molecule has 0 saturated heterocycles. The molecule has 0 fully saturated rings. The predicted octanol–water partition coefficient (Wildman–Crippen LogP) is 3.20. The molecule has 2 N–H and O–H groups in total. The lowest BCUT2D eigenvalue weighted by Gasteiger charge is -2.19. The van der Waals surface area contributed by atoms with Crippen LogP contribution < -0.4 is 15.1 Å². The van der Waals surface area contributed by atoms with Crippen LogP contribution in [0, 0.1) is 12.7 Å². The standard InChI is InChI=1S/C19H19FN4O4/c1-11-4-5-16(13(20)6-11)24(26)19-12-7-17(28-3)15(23-18(25)9-27-2)8-14(12)21-10-22-19/h4-8,10,26H,9H2,1-3H3,(H,23,25). The first-order valence-electron chi connectivity index (χ1n) is 8.31. The minimum atomic E-state index is -0.593. The Morgan fingerprint density at radius 1 is 1.25 bits per heavy atom. The number of rotatable bonds is 6. The topological polar surface area (TPSA) is 96.8 Å². The SMILES string of the molecule is COCC(=O)Nc1cc2ncnc(N(O)c3ccc(C)cc3F)c2cc1OC. The molecule has 0 unspecified atom stereocenters. The number of fused-ring (bicyclic) bond motifs is 1. The Labute approximate surface area is 160 Å². The van der Waals surface area contributed by atoms with Gasteiger partial charge in [0.05, 0.1) is 18.3 Å². The normalized spacial score (nSPS) is 10.8. The third kappa shape index (κ3) is 3.85.